The molecule has 10 heteroatoms. The summed E-state index contributed by atoms with van der Waals surface area (Å²) < 4.78 is 29.8. The summed E-state index contributed by atoms with van der Waals surface area (Å²) in [5.74, 6) is -3.35. The second-order valence-corrected chi connectivity index (χ2v) is 9.21. The fraction of sp³-hybridized carbons (Fsp3) is 0.435. The Morgan fingerprint density at radius 2 is 1.79 bits per heavy atom. The molecule has 1 atom stereocenters. The van der Waals surface area contributed by atoms with Gasteiger partial charge in [0.15, 0.2) is 11.6 Å². The molecule has 0 heterocycles. The van der Waals surface area contributed by atoms with Gasteiger partial charge in [0.1, 0.15) is 5.54 Å². The molecule has 0 aliphatic heterocycles. The third-order valence-corrected chi connectivity index (χ3v) is 6.94. The summed E-state index contributed by atoms with van der Waals surface area (Å²) in [6.45, 7) is 0. The minimum Gasteiger partial charge on any atom is -0.480 e. The quantitative estimate of drug-likeness (QED) is 0.303. The highest BCUT2D eigenvalue weighted by molar-refractivity contribution is 6.40. The number of aliphatic carboxylic acids is 1. The first-order valence-corrected chi connectivity index (χ1v) is 11.3. The predicted octanol–water partition coefficient (Wildman–Crippen LogP) is 3.93. The number of hydrogen-bond donors (Lipinski definition) is 4. The van der Waals surface area contributed by atoms with Crippen molar-refractivity contribution in [3.63, 3.8) is 0 Å². The maximum atomic E-state index is 14.9. The van der Waals surface area contributed by atoms with Crippen molar-refractivity contribution in [3.8, 4) is 11.1 Å². The lowest BCUT2D eigenvalue weighted by molar-refractivity contribution is -0.147. The molecule has 178 valence electrons. The smallest absolute Gasteiger partial charge is 0.451 e. The highest BCUT2D eigenvalue weighted by atomic mass is 35.5. The first kappa shape index (κ1) is 25.4. The van der Waals surface area contributed by atoms with E-state index in [1.165, 1.54) is 12.1 Å². The van der Waals surface area contributed by atoms with E-state index in [4.69, 9.17) is 27.4 Å². The molecule has 0 saturated heterocycles. The minimum absolute atomic E-state index is 0.101. The Morgan fingerprint density at radius 3 is 2.36 bits per heavy atom. The molecule has 0 aromatic heterocycles. The van der Waals surface area contributed by atoms with E-state index in [-0.39, 0.29) is 36.0 Å². The lowest BCUT2D eigenvalue weighted by atomic mass is 9.65. The van der Waals surface area contributed by atoms with Gasteiger partial charge < -0.3 is 25.8 Å². The third-order valence-electron chi connectivity index (χ3n) is 6.69. The van der Waals surface area contributed by atoms with Gasteiger partial charge in [-0.3, -0.25) is 4.79 Å². The number of unbranched alkanes of at least 4 members (excludes halogenated alkanes) is 1. The van der Waals surface area contributed by atoms with Gasteiger partial charge in [0.25, 0.3) is 0 Å². The van der Waals surface area contributed by atoms with Gasteiger partial charge >= 0.3 is 13.1 Å². The van der Waals surface area contributed by atoms with Crippen molar-refractivity contribution in [2.24, 2.45) is 11.7 Å². The number of carboxylic acids is 1. The van der Waals surface area contributed by atoms with Crippen molar-refractivity contribution in [1.82, 2.24) is 0 Å². The van der Waals surface area contributed by atoms with Crippen LogP contribution in [0.1, 0.15) is 32.1 Å². The molecule has 1 aliphatic carbocycles. The second-order valence-electron chi connectivity index (χ2n) is 8.77. The number of rotatable bonds is 10. The number of anilines is 1. The van der Waals surface area contributed by atoms with E-state index >= 15 is 0 Å². The van der Waals surface area contributed by atoms with Gasteiger partial charge in [0, 0.05) is 23.7 Å². The van der Waals surface area contributed by atoms with Crippen LogP contribution in [-0.4, -0.2) is 46.9 Å². The molecule has 1 fully saturated rings. The molecule has 0 amide bonds. The fourth-order valence-corrected chi connectivity index (χ4v) is 4.54. The summed E-state index contributed by atoms with van der Waals surface area (Å²) in [7, 11) is 0.229. The monoisotopic (exact) mass is 480 g/mol. The number of nitrogens with two attached hydrogens (primary N) is 1. The number of benzene rings is 2. The number of halogens is 3. The van der Waals surface area contributed by atoms with Gasteiger partial charge in [-0.25, -0.2) is 8.78 Å². The third kappa shape index (κ3) is 5.49. The average Bonchev–Trinajstić information content (AvgIpc) is 2.72. The van der Waals surface area contributed by atoms with Crippen molar-refractivity contribution in [2.75, 3.05) is 11.9 Å². The molecule has 0 spiro atoms. The molecule has 2 aromatic rings. The molecule has 0 radical (unpaired) electrons. The van der Waals surface area contributed by atoms with E-state index in [2.05, 4.69) is 0 Å². The predicted molar refractivity (Wildman–Crippen MR) is 125 cm³/mol. The Kier molecular flexibility index (Phi) is 8.00. The van der Waals surface area contributed by atoms with Gasteiger partial charge in [0.2, 0.25) is 0 Å². The molecule has 2 aromatic carbocycles. The fourth-order valence-electron chi connectivity index (χ4n) is 4.42. The SMILES string of the molecule is CN(c1ccc(-c2ccc(Cl)cc2)c(F)c1F)[C@H]1C[C@H]([C@@](N)(CCCCB(O)O)C(=O)O)C1. The molecule has 1 aliphatic rings. The van der Waals surface area contributed by atoms with Crippen LogP contribution in [0.5, 0.6) is 0 Å². The van der Waals surface area contributed by atoms with E-state index in [1.54, 1.807) is 36.2 Å². The molecule has 33 heavy (non-hydrogen) atoms. The Balaban J connectivity index is 1.68. The normalized spacial score (nSPS) is 19.5. The van der Waals surface area contributed by atoms with Crippen molar-refractivity contribution >= 4 is 30.4 Å². The van der Waals surface area contributed by atoms with Crippen LogP contribution in [0.3, 0.4) is 0 Å². The van der Waals surface area contributed by atoms with Crippen molar-refractivity contribution in [2.45, 2.75) is 50.0 Å². The first-order valence-electron chi connectivity index (χ1n) is 10.9. The summed E-state index contributed by atoms with van der Waals surface area (Å²) in [5.41, 5.74) is 5.53. The molecule has 6 nitrogen and oxygen atoms in total. The first-order chi connectivity index (χ1) is 15.5. The maximum Gasteiger partial charge on any atom is 0.451 e. The van der Waals surface area contributed by atoms with Crippen LogP contribution >= 0.6 is 11.6 Å². The average molecular weight is 481 g/mol. The Bertz CT molecular complexity index is 989. The largest absolute Gasteiger partial charge is 0.480 e. The Labute approximate surface area is 197 Å². The standard InChI is InChI=1S/C23H28BClF2N2O4/c1-29(17-12-15(13-17)23(28,22(30)31)10-2-3-11-24(32)33)19-9-8-18(20(26)21(19)27)14-4-6-16(25)7-5-14/h4-9,15,17,32-33H,2-3,10-13,28H2,1H3,(H,30,31)/t15-,17-,23-/m0/s1. The lowest BCUT2D eigenvalue weighted by Gasteiger charge is -2.48. The summed E-state index contributed by atoms with van der Waals surface area (Å²) >= 11 is 5.87. The Hall–Kier alpha value is -2.20. The van der Waals surface area contributed by atoms with Crippen molar-refractivity contribution in [3.05, 3.63) is 53.1 Å². The van der Waals surface area contributed by atoms with Crippen molar-refractivity contribution < 1.29 is 28.7 Å². The number of hydrogen-bond acceptors (Lipinski definition) is 5. The van der Waals surface area contributed by atoms with E-state index < -0.39 is 30.3 Å². The Morgan fingerprint density at radius 1 is 1.15 bits per heavy atom. The van der Waals surface area contributed by atoms with Crippen LogP contribution in [0.25, 0.3) is 11.1 Å². The van der Waals surface area contributed by atoms with Gasteiger partial charge in [-0.15, -0.1) is 0 Å². The zero-order valence-electron chi connectivity index (χ0n) is 18.3. The number of carboxylic acid groups (broad SMARTS) is 1. The van der Waals surface area contributed by atoms with Crippen LogP contribution < -0.4 is 10.6 Å². The zero-order chi connectivity index (χ0) is 24.3. The van der Waals surface area contributed by atoms with Gasteiger partial charge in [-0.1, -0.05) is 36.6 Å². The highest BCUT2D eigenvalue weighted by Crippen LogP contribution is 2.42. The van der Waals surface area contributed by atoms with E-state index in [1.807, 2.05) is 0 Å². The van der Waals surface area contributed by atoms with E-state index in [0.29, 0.717) is 36.3 Å². The van der Waals surface area contributed by atoms with Crippen LogP contribution in [0.4, 0.5) is 14.5 Å². The van der Waals surface area contributed by atoms with Crippen LogP contribution in [0, 0.1) is 17.6 Å². The highest BCUT2D eigenvalue weighted by Gasteiger charge is 2.49. The topological polar surface area (TPSA) is 107 Å². The molecule has 0 unspecified atom stereocenters. The van der Waals surface area contributed by atoms with Gasteiger partial charge in [-0.05, 0) is 61.3 Å². The van der Waals surface area contributed by atoms with Gasteiger partial charge in [0.05, 0.1) is 5.69 Å². The molecule has 5 N–H and O–H groups in total. The van der Waals surface area contributed by atoms with Gasteiger partial charge in [-0.2, -0.15) is 0 Å². The van der Waals surface area contributed by atoms with E-state index in [0.717, 1.165) is 0 Å². The zero-order valence-corrected chi connectivity index (χ0v) is 19.1. The van der Waals surface area contributed by atoms with E-state index in [9.17, 15) is 18.7 Å². The summed E-state index contributed by atoms with van der Waals surface area (Å²) in [4.78, 5) is 13.5. The molecular formula is C23H28BClF2N2O4. The molecule has 0 bridgehead atoms. The molecule has 1 saturated carbocycles. The lowest BCUT2D eigenvalue weighted by Crippen LogP contribution is -2.61. The van der Waals surface area contributed by atoms with Crippen LogP contribution in [0.15, 0.2) is 36.4 Å². The van der Waals surface area contributed by atoms with Crippen molar-refractivity contribution in [1.29, 1.82) is 0 Å². The van der Waals surface area contributed by atoms with Crippen LogP contribution in [0.2, 0.25) is 11.3 Å². The summed E-state index contributed by atoms with van der Waals surface area (Å²) in [6.07, 6.45) is 2.12. The minimum atomic E-state index is -1.44. The summed E-state index contributed by atoms with van der Waals surface area (Å²) in [6, 6.07) is 9.31. The number of carbonyl (C=O) groups is 1. The van der Waals surface area contributed by atoms with Crippen LogP contribution in [-0.2, 0) is 4.79 Å². The molecule has 3 rings (SSSR count). The maximum absolute atomic E-state index is 14.9. The summed E-state index contributed by atoms with van der Waals surface area (Å²) in [5, 5.41) is 28.1. The second kappa shape index (κ2) is 10.4. The number of nitrogens with zero attached hydrogens (tertiary/aromatic N) is 1. The molecular weight excluding hydrogens is 453 g/mol.